The second kappa shape index (κ2) is 11.2. The molecule has 7 heteroatoms. The Morgan fingerprint density at radius 3 is 2.35 bits per heavy atom. The van der Waals surface area contributed by atoms with Crippen LogP contribution in [0.25, 0.3) is 22.5 Å². The van der Waals surface area contributed by atoms with Gasteiger partial charge in [0.25, 0.3) is 0 Å². The Balaban J connectivity index is 1.48. The predicted molar refractivity (Wildman–Crippen MR) is 134 cm³/mol. The monoisotopic (exact) mass is 454 g/mol. The minimum absolute atomic E-state index is 0.0444. The predicted octanol–water partition coefficient (Wildman–Crippen LogP) is 5.61. The molecule has 174 valence electrons. The van der Waals surface area contributed by atoms with E-state index in [0.717, 1.165) is 40.7 Å². The second-order valence-corrected chi connectivity index (χ2v) is 8.35. The van der Waals surface area contributed by atoms with Crippen LogP contribution in [0.15, 0.2) is 78.9 Å². The van der Waals surface area contributed by atoms with Crippen molar-refractivity contribution < 1.29 is 4.79 Å². The molecule has 0 bridgehead atoms. The highest BCUT2D eigenvalue weighted by molar-refractivity contribution is 5.80. The summed E-state index contributed by atoms with van der Waals surface area (Å²) >= 11 is 0. The van der Waals surface area contributed by atoms with E-state index in [2.05, 4.69) is 63.2 Å². The Hall–Kier alpha value is -4.00. The topological polar surface area (TPSA) is 86.8 Å². The molecule has 0 fully saturated rings. The van der Waals surface area contributed by atoms with Crippen molar-refractivity contribution in [2.24, 2.45) is 0 Å². The molecule has 2 amide bonds. The van der Waals surface area contributed by atoms with Crippen molar-refractivity contribution in [1.29, 1.82) is 0 Å². The highest BCUT2D eigenvalue weighted by atomic mass is 16.2. The van der Waals surface area contributed by atoms with Gasteiger partial charge in [-0.2, -0.15) is 0 Å². The maximum absolute atomic E-state index is 13.1. The van der Waals surface area contributed by atoms with Crippen LogP contribution in [0.1, 0.15) is 43.9 Å². The lowest BCUT2D eigenvalue weighted by Crippen LogP contribution is -2.41. The van der Waals surface area contributed by atoms with E-state index in [9.17, 15) is 4.79 Å². The Kier molecular flexibility index (Phi) is 7.65. The van der Waals surface area contributed by atoms with Crippen LogP contribution in [0.3, 0.4) is 0 Å². The van der Waals surface area contributed by atoms with Crippen LogP contribution in [0, 0.1) is 0 Å². The molecule has 2 N–H and O–H groups in total. The number of hydrogen-bond acceptors (Lipinski definition) is 4. The molecule has 7 nitrogen and oxygen atoms in total. The maximum Gasteiger partial charge on any atom is 0.318 e. The van der Waals surface area contributed by atoms with Gasteiger partial charge in [-0.1, -0.05) is 92.2 Å². The van der Waals surface area contributed by atoms with Gasteiger partial charge in [0.1, 0.15) is 0 Å². The molecule has 1 atom stereocenters. The number of unbranched alkanes of at least 4 members (excludes halogenated alkanes) is 1. The highest BCUT2D eigenvalue weighted by Crippen LogP contribution is 2.29. The molecule has 3 aromatic carbocycles. The summed E-state index contributed by atoms with van der Waals surface area (Å²) < 4.78 is 0. The molecule has 0 saturated heterocycles. The standard InChI is InChI=1S/C27H30N6O/c1-3-4-18-33(27(34)28-20(2)22-10-6-5-7-11-22)19-21-14-16-23(17-15-21)24-12-8-9-13-25(24)26-29-31-32-30-26/h5-17,20H,3-4,18-19H2,1-2H3,(H,28,34)(H,29,30,31,32)/t20-/m0/s1. The summed E-state index contributed by atoms with van der Waals surface area (Å²) in [6, 6.07) is 26.3. The molecular formula is C27H30N6O. The normalized spacial score (nSPS) is 11.7. The van der Waals surface area contributed by atoms with E-state index < -0.39 is 0 Å². The van der Waals surface area contributed by atoms with Crippen LogP contribution < -0.4 is 5.32 Å². The van der Waals surface area contributed by atoms with Gasteiger partial charge < -0.3 is 10.2 Å². The van der Waals surface area contributed by atoms with E-state index in [1.54, 1.807) is 0 Å². The number of rotatable bonds is 9. The number of aromatic amines is 1. The first-order valence-corrected chi connectivity index (χ1v) is 11.7. The lowest BCUT2D eigenvalue weighted by Gasteiger charge is -2.25. The average molecular weight is 455 g/mol. The van der Waals surface area contributed by atoms with Crippen molar-refractivity contribution >= 4 is 6.03 Å². The van der Waals surface area contributed by atoms with Gasteiger partial charge in [-0.05, 0) is 46.0 Å². The van der Waals surface area contributed by atoms with Crippen LogP contribution >= 0.6 is 0 Å². The SMILES string of the molecule is CCCCN(Cc1ccc(-c2ccccc2-c2nnn[nH]2)cc1)C(=O)N[C@@H](C)c1ccccc1. The fourth-order valence-electron chi connectivity index (χ4n) is 3.93. The number of amides is 2. The Morgan fingerprint density at radius 2 is 1.68 bits per heavy atom. The van der Waals surface area contributed by atoms with E-state index >= 15 is 0 Å². The number of carbonyl (C=O) groups excluding carboxylic acids is 1. The first kappa shape index (κ1) is 23.2. The number of tetrazole rings is 1. The van der Waals surface area contributed by atoms with Crippen LogP contribution in [-0.4, -0.2) is 38.1 Å². The fraction of sp³-hybridized carbons (Fsp3) is 0.259. The smallest absolute Gasteiger partial charge is 0.318 e. The van der Waals surface area contributed by atoms with Gasteiger partial charge >= 0.3 is 6.03 Å². The first-order valence-electron chi connectivity index (χ1n) is 11.7. The summed E-state index contributed by atoms with van der Waals surface area (Å²) in [5.41, 5.74) is 5.24. The maximum atomic E-state index is 13.1. The van der Waals surface area contributed by atoms with Crippen LogP contribution in [-0.2, 0) is 6.54 Å². The lowest BCUT2D eigenvalue weighted by atomic mass is 9.98. The molecular weight excluding hydrogens is 424 g/mol. The molecule has 0 aliphatic rings. The summed E-state index contributed by atoms with van der Waals surface area (Å²) in [7, 11) is 0. The van der Waals surface area contributed by atoms with E-state index in [1.807, 2.05) is 60.4 Å². The van der Waals surface area contributed by atoms with E-state index in [1.165, 1.54) is 0 Å². The largest absolute Gasteiger partial charge is 0.331 e. The number of benzene rings is 3. The third-order valence-electron chi connectivity index (χ3n) is 5.87. The number of H-pyrrole nitrogens is 1. The van der Waals surface area contributed by atoms with Crippen molar-refractivity contribution in [3.63, 3.8) is 0 Å². The molecule has 0 saturated carbocycles. The van der Waals surface area contributed by atoms with Crippen molar-refractivity contribution in [3.05, 3.63) is 90.0 Å². The summed E-state index contributed by atoms with van der Waals surface area (Å²) in [6.07, 6.45) is 1.99. The number of aromatic nitrogens is 4. The summed E-state index contributed by atoms with van der Waals surface area (Å²) in [4.78, 5) is 15.0. The van der Waals surface area contributed by atoms with Gasteiger partial charge in [-0.25, -0.2) is 9.89 Å². The summed E-state index contributed by atoms with van der Waals surface area (Å²) in [5.74, 6) is 0.634. The average Bonchev–Trinajstić information content (AvgIpc) is 3.42. The zero-order chi connectivity index (χ0) is 23.8. The number of hydrogen-bond donors (Lipinski definition) is 2. The van der Waals surface area contributed by atoms with Crippen molar-refractivity contribution in [3.8, 4) is 22.5 Å². The third-order valence-corrected chi connectivity index (χ3v) is 5.87. The molecule has 1 heterocycles. The second-order valence-electron chi connectivity index (χ2n) is 8.35. The number of nitrogens with one attached hydrogen (secondary N) is 2. The molecule has 0 spiro atoms. The van der Waals surface area contributed by atoms with Crippen LogP contribution in [0.2, 0.25) is 0 Å². The molecule has 0 unspecified atom stereocenters. The highest BCUT2D eigenvalue weighted by Gasteiger charge is 2.17. The minimum Gasteiger partial charge on any atom is -0.331 e. The van der Waals surface area contributed by atoms with Gasteiger partial charge in [-0.15, -0.1) is 5.10 Å². The summed E-state index contributed by atoms with van der Waals surface area (Å²) in [5, 5.41) is 17.4. The Bertz CT molecular complexity index is 1180. The van der Waals surface area contributed by atoms with Gasteiger partial charge in [0.2, 0.25) is 0 Å². The lowest BCUT2D eigenvalue weighted by molar-refractivity contribution is 0.191. The number of nitrogens with zero attached hydrogens (tertiary/aromatic N) is 4. The zero-order valence-electron chi connectivity index (χ0n) is 19.6. The molecule has 4 aromatic rings. The van der Waals surface area contributed by atoms with Crippen molar-refractivity contribution in [1.82, 2.24) is 30.8 Å². The number of urea groups is 1. The molecule has 0 aliphatic heterocycles. The van der Waals surface area contributed by atoms with Crippen molar-refractivity contribution in [2.45, 2.75) is 39.3 Å². The third kappa shape index (κ3) is 5.67. The zero-order valence-corrected chi connectivity index (χ0v) is 19.6. The van der Waals surface area contributed by atoms with Crippen molar-refractivity contribution in [2.75, 3.05) is 6.54 Å². The molecule has 34 heavy (non-hydrogen) atoms. The van der Waals surface area contributed by atoms with Crippen LogP contribution in [0.4, 0.5) is 4.79 Å². The minimum atomic E-state index is -0.0534. The fourth-order valence-corrected chi connectivity index (χ4v) is 3.93. The van der Waals surface area contributed by atoms with Crippen LogP contribution in [0.5, 0.6) is 0 Å². The summed E-state index contributed by atoms with van der Waals surface area (Å²) in [6.45, 7) is 5.43. The molecule has 4 rings (SSSR count). The van der Waals surface area contributed by atoms with E-state index in [0.29, 0.717) is 18.9 Å². The molecule has 1 aromatic heterocycles. The first-order chi connectivity index (χ1) is 16.7. The Morgan fingerprint density at radius 1 is 0.971 bits per heavy atom. The van der Waals surface area contributed by atoms with Gasteiger partial charge in [0.05, 0.1) is 6.04 Å². The molecule has 0 aliphatic carbocycles. The van der Waals surface area contributed by atoms with E-state index in [-0.39, 0.29) is 12.1 Å². The van der Waals surface area contributed by atoms with Gasteiger partial charge in [0.15, 0.2) is 5.82 Å². The number of carbonyl (C=O) groups is 1. The van der Waals surface area contributed by atoms with Gasteiger partial charge in [-0.3, -0.25) is 0 Å². The molecule has 0 radical (unpaired) electrons. The Labute approximate surface area is 200 Å². The van der Waals surface area contributed by atoms with E-state index in [4.69, 9.17) is 0 Å². The quantitative estimate of drug-likeness (QED) is 0.344. The van der Waals surface area contributed by atoms with Gasteiger partial charge in [0, 0.05) is 18.7 Å².